The van der Waals surface area contributed by atoms with Crippen molar-refractivity contribution in [2.24, 2.45) is 0 Å². The van der Waals surface area contributed by atoms with Crippen LogP contribution in [0.1, 0.15) is 53.0 Å². The van der Waals surface area contributed by atoms with Crippen molar-refractivity contribution in [3.8, 4) is 0 Å². The number of thioether (sulfide) groups is 1. The van der Waals surface area contributed by atoms with E-state index in [4.69, 9.17) is 12.2 Å². The zero-order chi connectivity index (χ0) is 37.5. The summed E-state index contributed by atoms with van der Waals surface area (Å²) in [6.45, 7) is -1.28. The van der Waals surface area contributed by atoms with Crippen LogP contribution in [-0.2, 0) is 20.9 Å². The molecule has 0 bridgehead atoms. The van der Waals surface area contributed by atoms with Gasteiger partial charge in [0.2, 0.25) is 0 Å². The van der Waals surface area contributed by atoms with E-state index in [1.165, 1.54) is 5.56 Å². The third-order valence-electron chi connectivity index (χ3n) is 10.0. The van der Waals surface area contributed by atoms with Gasteiger partial charge in [0.05, 0.1) is 4.53 Å². The maximum atomic E-state index is 13.6. The van der Waals surface area contributed by atoms with Crippen LogP contribution in [0.4, 0.5) is 11.4 Å². The average molecular weight is 772 g/mol. The Labute approximate surface area is 323 Å². The number of thiocarbonyl (C=S) groups is 1. The van der Waals surface area contributed by atoms with Gasteiger partial charge in [-0.05, 0) is 82.6 Å². The second kappa shape index (κ2) is 14.7. The van der Waals surface area contributed by atoms with Crippen LogP contribution in [-0.4, -0.2) is 54.4 Å². The van der Waals surface area contributed by atoms with E-state index in [9.17, 15) is 29.4 Å². The van der Waals surface area contributed by atoms with Gasteiger partial charge < -0.3 is 15.1 Å². The first-order chi connectivity index (χ1) is 26.2. The fourth-order valence-electron chi connectivity index (χ4n) is 7.68. The van der Waals surface area contributed by atoms with Gasteiger partial charge in [-0.15, -0.1) is 11.3 Å². The smallest absolute Gasteiger partial charge is 0.323 e. The summed E-state index contributed by atoms with van der Waals surface area (Å²) in [5, 5.41) is 18.9. The van der Waals surface area contributed by atoms with E-state index in [0.29, 0.717) is 12.0 Å². The Morgan fingerprint density at radius 2 is 1.46 bits per heavy atom. The van der Waals surface area contributed by atoms with Crippen LogP contribution in [0.25, 0.3) is 22.6 Å². The zero-order valence-electron chi connectivity index (χ0n) is 28.8. The number of carboxylic acid groups (broad SMARTS) is 2. The fraction of sp³-hybridized carbons (Fsp3) is 0.167. The maximum Gasteiger partial charge on any atom is 0.323 e. The van der Waals surface area contributed by atoms with Gasteiger partial charge in [0.15, 0.2) is 0 Å². The summed E-state index contributed by atoms with van der Waals surface area (Å²) in [5.41, 5.74) is 8.26. The Morgan fingerprint density at radius 1 is 0.815 bits per heavy atom. The molecule has 2 atom stereocenters. The van der Waals surface area contributed by atoms with Crippen LogP contribution >= 0.6 is 35.3 Å². The molecular weight excluding hydrogens is 739 g/mol. The molecule has 2 N–H and O–H groups in total. The number of aliphatic carboxylic acids is 2. The lowest BCUT2D eigenvalue weighted by Crippen LogP contribution is -2.36. The number of benzene rings is 4. The second-order valence-corrected chi connectivity index (χ2v) is 16.0. The first-order valence-electron chi connectivity index (χ1n) is 17.4. The zero-order valence-corrected chi connectivity index (χ0v) is 31.2. The Kier molecular flexibility index (Phi) is 9.65. The van der Waals surface area contributed by atoms with Gasteiger partial charge in [0.1, 0.15) is 27.0 Å². The molecule has 1 amide bonds. The van der Waals surface area contributed by atoms with Crippen LogP contribution in [0.5, 0.6) is 0 Å². The normalized spacial score (nSPS) is 18.9. The molecule has 0 spiro atoms. The minimum absolute atomic E-state index is 0.0372. The molecule has 0 radical (unpaired) electrons. The Bertz CT molecular complexity index is 2500. The van der Waals surface area contributed by atoms with E-state index in [-0.39, 0.29) is 18.4 Å². The predicted octanol–water partition coefficient (Wildman–Crippen LogP) is 6.25. The molecular formula is C42H33N3O6S3. The molecule has 3 aliphatic rings. The second-order valence-electron chi connectivity index (χ2n) is 13.4. The molecule has 2 unspecified atom stereocenters. The van der Waals surface area contributed by atoms with E-state index >= 15 is 0 Å². The highest BCUT2D eigenvalue weighted by Gasteiger charge is 2.42. The molecule has 1 aliphatic carbocycles. The van der Waals surface area contributed by atoms with Crippen molar-refractivity contribution < 1.29 is 24.6 Å². The average Bonchev–Trinajstić information content (AvgIpc) is 3.91. The number of thiazole rings is 1. The van der Waals surface area contributed by atoms with Gasteiger partial charge >= 0.3 is 11.9 Å². The third-order valence-corrected chi connectivity index (χ3v) is 12.7. The summed E-state index contributed by atoms with van der Waals surface area (Å²) in [6, 6.07) is 36.0. The van der Waals surface area contributed by atoms with Crippen molar-refractivity contribution >= 4 is 91.5 Å². The quantitative estimate of drug-likeness (QED) is 0.132. The topological polar surface area (TPSA) is 120 Å². The number of anilines is 2. The number of fused-ring (bicyclic) bond motifs is 3. The lowest BCUT2D eigenvalue weighted by atomic mass is 9.95. The molecule has 4 aromatic carbocycles. The third kappa shape index (κ3) is 6.72. The number of hydrogen-bond donors (Lipinski definition) is 2. The summed E-state index contributed by atoms with van der Waals surface area (Å²) in [4.78, 5) is 53.4. The maximum absolute atomic E-state index is 13.6. The molecule has 270 valence electrons. The van der Waals surface area contributed by atoms with Crippen molar-refractivity contribution in [2.45, 2.75) is 37.8 Å². The number of amides is 1. The van der Waals surface area contributed by atoms with E-state index in [1.54, 1.807) is 6.08 Å². The largest absolute Gasteiger partial charge is 0.480 e. The van der Waals surface area contributed by atoms with Crippen LogP contribution in [0, 0.1) is 0 Å². The van der Waals surface area contributed by atoms with Gasteiger partial charge in [-0.3, -0.25) is 28.6 Å². The van der Waals surface area contributed by atoms with Crippen molar-refractivity contribution in [2.75, 3.05) is 11.4 Å². The lowest BCUT2D eigenvalue weighted by molar-refractivity contribution is -0.140. The van der Waals surface area contributed by atoms with Gasteiger partial charge in [-0.2, -0.15) is 0 Å². The Morgan fingerprint density at radius 3 is 2.11 bits per heavy atom. The predicted molar refractivity (Wildman–Crippen MR) is 217 cm³/mol. The number of rotatable bonds is 9. The summed E-state index contributed by atoms with van der Waals surface area (Å²) in [5.74, 6) is -2.82. The van der Waals surface area contributed by atoms with Gasteiger partial charge in [-0.25, -0.2) is 0 Å². The highest BCUT2D eigenvalue weighted by atomic mass is 32.2. The first-order valence-corrected chi connectivity index (χ1v) is 19.5. The van der Waals surface area contributed by atoms with Crippen LogP contribution in [0.2, 0.25) is 0 Å². The Hall–Kier alpha value is -5.56. The molecule has 8 rings (SSSR count). The molecule has 5 aromatic rings. The number of carbonyl (C=O) groups is 3. The van der Waals surface area contributed by atoms with E-state index in [2.05, 4.69) is 95.9 Å². The van der Waals surface area contributed by atoms with Crippen molar-refractivity contribution in [3.63, 3.8) is 0 Å². The summed E-state index contributed by atoms with van der Waals surface area (Å²) in [6.07, 6.45) is 7.18. The monoisotopic (exact) mass is 771 g/mol. The van der Waals surface area contributed by atoms with Crippen molar-refractivity contribution in [3.05, 3.63) is 150 Å². The molecule has 54 heavy (non-hydrogen) atoms. The van der Waals surface area contributed by atoms with E-state index in [0.717, 1.165) is 91.0 Å². The summed E-state index contributed by atoms with van der Waals surface area (Å²) < 4.78 is 1.49. The molecule has 1 aromatic heterocycles. The molecule has 2 fully saturated rings. The molecule has 9 nitrogen and oxygen atoms in total. The minimum Gasteiger partial charge on any atom is -0.480 e. The van der Waals surface area contributed by atoms with Crippen molar-refractivity contribution in [1.29, 1.82) is 0 Å². The number of nitrogens with zero attached hydrogens (tertiary/aromatic N) is 3. The van der Waals surface area contributed by atoms with E-state index in [1.807, 2.05) is 18.2 Å². The summed E-state index contributed by atoms with van der Waals surface area (Å²) >= 11 is 7.12. The molecule has 1 saturated carbocycles. The standard InChI is InChI=1S/C42H33N3O6S3/c46-36(47)23-43-39(50)35(53-41(43)38-40(51)44(24-37(48)49)42(52)54-38)22-26-16-19-34-32(21-26)30-12-7-13-33(30)45(34)29-17-14-25(15-18-29)20-31(27-8-3-1-4-9-27)28-10-5-2-6-11-28/h1-6,8-11,14-22,30,33H,7,12-13,23-24H2,(H,46,47)(H,48,49)/b35-22-,41-38+. The van der Waals surface area contributed by atoms with Crippen LogP contribution < -0.4 is 19.7 Å². The first kappa shape index (κ1) is 35.5. The molecule has 2 aliphatic heterocycles. The highest BCUT2D eigenvalue weighted by Crippen LogP contribution is 2.52. The van der Waals surface area contributed by atoms with Gasteiger partial charge in [-0.1, -0.05) is 109 Å². The number of aromatic nitrogens is 1. The number of carboxylic acids is 2. The Balaban J connectivity index is 1.14. The fourth-order valence-corrected chi connectivity index (χ4v) is 10.2. The number of hydrogen-bond acceptors (Lipinski definition) is 8. The van der Waals surface area contributed by atoms with Crippen LogP contribution in [0.3, 0.4) is 0 Å². The number of carbonyl (C=O) groups excluding carboxylic acids is 1. The van der Waals surface area contributed by atoms with Crippen molar-refractivity contribution in [1.82, 2.24) is 9.47 Å². The molecule has 12 heteroatoms. The van der Waals surface area contributed by atoms with Crippen LogP contribution in [0.15, 0.2) is 108 Å². The molecule has 3 heterocycles. The minimum atomic E-state index is -1.24. The van der Waals surface area contributed by atoms with Gasteiger partial charge in [0, 0.05) is 23.3 Å². The lowest BCUT2D eigenvalue weighted by Gasteiger charge is -2.27. The summed E-state index contributed by atoms with van der Waals surface area (Å²) in [7, 11) is 0. The van der Waals surface area contributed by atoms with E-state index < -0.39 is 36.5 Å². The van der Waals surface area contributed by atoms with Gasteiger partial charge in [0.25, 0.3) is 11.5 Å². The SMILES string of the molecule is O=C(O)CN1C(=O)/C(=c2\s/c(=C\c3ccc4c(c3)C3CCCC3N4c3ccc(C=C(c4ccccc4)c4ccccc4)cc3)c(=O)n2CC(=O)O)SC1=S. The highest BCUT2D eigenvalue weighted by molar-refractivity contribution is 8.30. The molecule has 1 saturated heterocycles.